The third kappa shape index (κ3) is 2.49. The summed E-state index contributed by atoms with van der Waals surface area (Å²) in [5.74, 6) is 0.498. The fraction of sp³-hybridized carbons (Fsp3) is 0.286. The molecule has 2 aromatic heterocycles. The number of hydrogen-bond acceptors (Lipinski definition) is 4. The molecule has 7 nitrogen and oxygen atoms in total. The average molecular weight is 284 g/mol. The van der Waals surface area contributed by atoms with Crippen molar-refractivity contribution in [3.8, 4) is 0 Å². The van der Waals surface area contributed by atoms with Gasteiger partial charge in [0, 0.05) is 36.6 Å². The molecular weight excluding hydrogens is 268 g/mol. The van der Waals surface area contributed by atoms with Crippen LogP contribution in [0.4, 0.5) is 0 Å². The lowest BCUT2D eigenvalue weighted by Gasteiger charge is -2.08. The molecule has 0 saturated heterocycles. The Balaban J connectivity index is 1.75. The van der Waals surface area contributed by atoms with E-state index in [9.17, 15) is 4.79 Å². The van der Waals surface area contributed by atoms with Crippen LogP contribution >= 0.6 is 0 Å². The topological polar surface area (TPSA) is 88.5 Å². The van der Waals surface area contributed by atoms with Gasteiger partial charge in [0.15, 0.2) is 5.82 Å². The Morgan fingerprint density at radius 1 is 1.43 bits per heavy atom. The fourth-order valence-electron chi connectivity index (χ4n) is 2.33. The number of amides is 1. The number of hydrogen-bond donors (Lipinski definition) is 2. The first-order chi connectivity index (χ1) is 10.2. The molecule has 1 atom stereocenters. The summed E-state index contributed by atoms with van der Waals surface area (Å²) < 4.78 is 1.95. The Hall–Kier alpha value is -2.70. The van der Waals surface area contributed by atoms with Gasteiger partial charge in [-0.05, 0) is 6.07 Å². The van der Waals surface area contributed by atoms with Crippen molar-refractivity contribution < 1.29 is 4.79 Å². The minimum Gasteiger partial charge on any atom is -0.351 e. The molecule has 0 bridgehead atoms. The Kier molecular flexibility index (Phi) is 3.39. The van der Waals surface area contributed by atoms with Crippen LogP contribution in [0.15, 0.2) is 30.5 Å². The number of rotatable bonds is 4. The number of H-pyrrole nitrogens is 1. The van der Waals surface area contributed by atoms with E-state index in [2.05, 4.69) is 25.9 Å². The van der Waals surface area contributed by atoms with Crippen molar-refractivity contribution in [3.63, 3.8) is 0 Å². The highest BCUT2D eigenvalue weighted by Gasteiger charge is 2.16. The maximum Gasteiger partial charge on any atom is 0.253 e. The smallest absolute Gasteiger partial charge is 0.253 e. The van der Waals surface area contributed by atoms with Gasteiger partial charge in [0.2, 0.25) is 0 Å². The molecule has 0 aliphatic heterocycles. The molecule has 0 spiro atoms. The second-order valence-corrected chi connectivity index (χ2v) is 5.05. The van der Waals surface area contributed by atoms with Gasteiger partial charge in [0.25, 0.3) is 5.91 Å². The van der Waals surface area contributed by atoms with Crippen molar-refractivity contribution in [1.29, 1.82) is 0 Å². The predicted molar refractivity (Wildman–Crippen MR) is 77.8 cm³/mol. The van der Waals surface area contributed by atoms with Gasteiger partial charge in [0.05, 0.1) is 5.56 Å². The molecular formula is C14H16N6O. The van der Waals surface area contributed by atoms with E-state index in [-0.39, 0.29) is 11.8 Å². The summed E-state index contributed by atoms with van der Waals surface area (Å²) in [5, 5.41) is 17.6. The van der Waals surface area contributed by atoms with Crippen molar-refractivity contribution in [2.75, 3.05) is 6.54 Å². The predicted octanol–water partition coefficient (Wildman–Crippen LogP) is 1.22. The number of carbonyl (C=O) groups is 1. The summed E-state index contributed by atoms with van der Waals surface area (Å²) in [6.45, 7) is 2.40. The maximum atomic E-state index is 12.4. The van der Waals surface area contributed by atoms with E-state index in [1.54, 1.807) is 0 Å². The molecule has 2 heterocycles. The summed E-state index contributed by atoms with van der Waals surface area (Å²) in [6.07, 6.45) is 1.85. The minimum atomic E-state index is -0.0952. The Bertz CT molecular complexity index is 761. The fourth-order valence-corrected chi connectivity index (χ4v) is 2.33. The molecule has 1 aromatic carbocycles. The SMILES string of the molecule is CC(CNC(=O)c1cn(C)c2ccccc12)c1nn[nH]n1. The summed E-state index contributed by atoms with van der Waals surface area (Å²) in [6, 6.07) is 7.84. The standard InChI is InChI=1S/C14H16N6O/c1-9(13-16-18-19-17-13)7-15-14(21)11-8-20(2)12-6-4-3-5-10(11)12/h3-6,8-9H,7H2,1-2H3,(H,15,21)(H,16,17,18,19). The zero-order valence-electron chi connectivity index (χ0n) is 11.9. The molecule has 3 aromatic rings. The van der Waals surface area contributed by atoms with E-state index in [0.717, 1.165) is 10.9 Å². The van der Waals surface area contributed by atoms with Gasteiger partial charge in [-0.2, -0.15) is 5.21 Å². The lowest BCUT2D eigenvalue weighted by atomic mass is 10.1. The molecule has 7 heteroatoms. The Labute approximate surface area is 121 Å². The normalized spacial score (nSPS) is 12.5. The highest BCUT2D eigenvalue weighted by molar-refractivity contribution is 6.06. The highest BCUT2D eigenvalue weighted by atomic mass is 16.1. The van der Waals surface area contributed by atoms with Crippen LogP contribution in [0.2, 0.25) is 0 Å². The zero-order valence-corrected chi connectivity index (χ0v) is 11.9. The molecule has 108 valence electrons. The van der Waals surface area contributed by atoms with Crippen molar-refractivity contribution in [2.45, 2.75) is 12.8 Å². The summed E-state index contributed by atoms with van der Waals surface area (Å²) in [5.41, 5.74) is 1.71. The monoisotopic (exact) mass is 284 g/mol. The zero-order chi connectivity index (χ0) is 14.8. The van der Waals surface area contributed by atoms with Gasteiger partial charge in [0.1, 0.15) is 0 Å². The van der Waals surface area contributed by atoms with Crippen LogP contribution in [0.1, 0.15) is 29.0 Å². The Morgan fingerprint density at radius 3 is 3.00 bits per heavy atom. The van der Waals surface area contributed by atoms with E-state index >= 15 is 0 Å². The van der Waals surface area contributed by atoms with Crippen LogP contribution in [-0.4, -0.2) is 37.6 Å². The molecule has 2 N–H and O–H groups in total. The molecule has 0 aliphatic carbocycles. The molecule has 0 aliphatic rings. The second kappa shape index (κ2) is 5.35. The number of para-hydroxylation sites is 1. The third-order valence-corrected chi connectivity index (χ3v) is 3.51. The minimum absolute atomic E-state index is 0.00248. The number of tetrazole rings is 1. The summed E-state index contributed by atoms with van der Waals surface area (Å²) in [7, 11) is 1.93. The lowest BCUT2D eigenvalue weighted by molar-refractivity contribution is 0.0953. The largest absolute Gasteiger partial charge is 0.351 e. The molecule has 3 rings (SSSR count). The average Bonchev–Trinajstić information content (AvgIpc) is 3.13. The van der Waals surface area contributed by atoms with E-state index in [1.807, 2.05) is 49.0 Å². The molecule has 1 amide bonds. The number of fused-ring (bicyclic) bond motifs is 1. The number of nitrogens with zero attached hydrogens (tertiary/aromatic N) is 4. The van der Waals surface area contributed by atoms with E-state index < -0.39 is 0 Å². The molecule has 0 radical (unpaired) electrons. The van der Waals surface area contributed by atoms with Crippen molar-refractivity contribution >= 4 is 16.8 Å². The summed E-state index contributed by atoms with van der Waals surface area (Å²) >= 11 is 0. The Morgan fingerprint density at radius 2 is 2.24 bits per heavy atom. The van der Waals surface area contributed by atoms with Crippen LogP contribution < -0.4 is 5.32 Å². The van der Waals surface area contributed by atoms with Gasteiger partial charge >= 0.3 is 0 Å². The maximum absolute atomic E-state index is 12.4. The second-order valence-electron chi connectivity index (χ2n) is 5.05. The van der Waals surface area contributed by atoms with Crippen LogP contribution in [0.3, 0.4) is 0 Å². The van der Waals surface area contributed by atoms with Crippen molar-refractivity contribution in [1.82, 2.24) is 30.5 Å². The van der Waals surface area contributed by atoms with Crippen LogP contribution in [0.5, 0.6) is 0 Å². The number of aromatic nitrogens is 5. The molecule has 1 unspecified atom stereocenters. The van der Waals surface area contributed by atoms with Gasteiger partial charge in [-0.15, -0.1) is 10.2 Å². The number of nitrogens with one attached hydrogen (secondary N) is 2. The number of aryl methyl sites for hydroxylation is 1. The van der Waals surface area contributed by atoms with Crippen LogP contribution in [0.25, 0.3) is 10.9 Å². The number of benzene rings is 1. The van der Waals surface area contributed by atoms with Crippen molar-refractivity contribution in [2.24, 2.45) is 7.05 Å². The highest BCUT2D eigenvalue weighted by Crippen LogP contribution is 2.20. The van der Waals surface area contributed by atoms with E-state index in [4.69, 9.17) is 0 Å². The third-order valence-electron chi connectivity index (χ3n) is 3.51. The van der Waals surface area contributed by atoms with Crippen LogP contribution in [-0.2, 0) is 7.05 Å². The summed E-state index contributed by atoms with van der Waals surface area (Å²) in [4.78, 5) is 12.4. The lowest BCUT2D eigenvalue weighted by Crippen LogP contribution is -2.27. The number of carbonyl (C=O) groups excluding carboxylic acids is 1. The number of aromatic amines is 1. The first-order valence-electron chi connectivity index (χ1n) is 6.72. The van der Waals surface area contributed by atoms with E-state index in [0.29, 0.717) is 17.9 Å². The first kappa shape index (κ1) is 13.3. The molecule has 0 saturated carbocycles. The van der Waals surface area contributed by atoms with Gasteiger partial charge in [-0.25, -0.2) is 0 Å². The quantitative estimate of drug-likeness (QED) is 0.754. The molecule has 21 heavy (non-hydrogen) atoms. The van der Waals surface area contributed by atoms with Gasteiger partial charge in [-0.1, -0.05) is 30.3 Å². The first-order valence-corrected chi connectivity index (χ1v) is 6.72. The van der Waals surface area contributed by atoms with Crippen molar-refractivity contribution in [3.05, 3.63) is 41.9 Å². The van der Waals surface area contributed by atoms with Gasteiger partial charge < -0.3 is 9.88 Å². The van der Waals surface area contributed by atoms with Gasteiger partial charge in [-0.3, -0.25) is 4.79 Å². The van der Waals surface area contributed by atoms with E-state index in [1.165, 1.54) is 0 Å². The molecule has 0 fully saturated rings. The van der Waals surface area contributed by atoms with Crippen LogP contribution in [0, 0.1) is 0 Å².